The second kappa shape index (κ2) is 5.12. The fraction of sp³-hybridized carbons (Fsp3) is 0.222. The molecule has 1 atom stereocenters. The number of hydrogen-bond donors (Lipinski definition) is 1. The molecule has 2 aromatic rings. The van der Waals surface area contributed by atoms with Gasteiger partial charge < -0.3 is 14.7 Å². The van der Waals surface area contributed by atoms with E-state index in [1.165, 1.54) is 4.90 Å². The molecule has 0 radical (unpaired) electrons. The number of carbonyl (C=O) groups excluding carboxylic acids is 1. The fourth-order valence-electron chi connectivity index (χ4n) is 3.45. The van der Waals surface area contributed by atoms with Crippen LogP contribution in [0, 0.1) is 0 Å². The van der Waals surface area contributed by atoms with Gasteiger partial charge in [0, 0.05) is 17.5 Å². The number of amides is 1. The summed E-state index contributed by atoms with van der Waals surface area (Å²) >= 11 is 0. The van der Waals surface area contributed by atoms with Crippen LogP contribution < -0.4 is 4.74 Å². The molecule has 23 heavy (non-hydrogen) atoms. The van der Waals surface area contributed by atoms with Crippen LogP contribution in [0.15, 0.2) is 48.5 Å². The predicted octanol–water partition coefficient (Wildman–Crippen LogP) is 2.96. The maximum absolute atomic E-state index is 12.4. The number of aliphatic carboxylic acids is 1. The first-order chi connectivity index (χ1) is 11.2. The Labute approximate surface area is 133 Å². The van der Waals surface area contributed by atoms with Gasteiger partial charge in [-0.25, -0.2) is 4.79 Å². The number of fused-ring (bicyclic) bond motifs is 2. The first-order valence-corrected chi connectivity index (χ1v) is 7.56. The van der Waals surface area contributed by atoms with E-state index in [1.54, 1.807) is 0 Å². The molecule has 0 saturated carbocycles. The highest BCUT2D eigenvalue weighted by molar-refractivity contribution is 5.88. The van der Waals surface area contributed by atoms with E-state index in [1.807, 2.05) is 48.5 Å². The minimum absolute atomic E-state index is 0.131. The lowest BCUT2D eigenvalue weighted by Crippen LogP contribution is -2.42. The normalized spacial score (nSPS) is 19.9. The van der Waals surface area contributed by atoms with Crippen LogP contribution in [0.3, 0.4) is 0 Å². The number of carboxylic acids is 1. The summed E-state index contributed by atoms with van der Waals surface area (Å²) in [6.45, 7) is 0. The first kappa shape index (κ1) is 13.8. The van der Waals surface area contributed by atoms with E-state index < -0.39 is 18.1 Å². The van der Waals surface area contributed by atoms with Crippen molar-refractivity contribution < 1.29 is 19.4 Å². The molecular formula is C18H15NO4. The lowest BCUT2D eigenvalue weighted by Gasteiger charge is -2.36. The van der Waals surface area contributed by atoms with E-state index in [0.717, 1.165) is 11.1 Å². The van der Waals surface area contributed by atoms with Gasteiger partial charge in [0.25, 0.3) is 0 Å². The third-order valence-electron chi connectivity index (χ3n) is 4.47. The monoisotopic (exact) mass is 309 g/mol. The van der Waals surface area contributed by atoms with Crippen molar-refractivity contribution in [3.05, 3.63) is 59.7 Å². The Morgan fingerprint density at radius 3 is 2.17 bits per heavy atom. The molecule has 0 bridgehead atoms. The van der Waals surface area contributed by atoms with Crippen LogP contribution in [0.5, 0.6) is 11.5 Å². The Morgan fingerprint density at radius 1 is 1.04 bits per heavy atom. The van der Waals surface area contributed by atoms with Gasteiger partial charge in [0.2, 0.25) is 5.91 Å². The Balaban J connectivity index is 1.90. The van der Waals surface area contributed by atoms with Crippen molar-refractivity contribution in [2.75, 3.05) is 0 Å². The molecule has 4 rings (SSSR count). The molecule has 1 fully saturated rings. The molecule has 2 aromatic carbocycles. The maximum atomic E-state index is 12.4. The minimum atomic E-state index is -0.961. The number of nitrogens with zero attached hydrogens (tertiary/aromatic N) is 1. The number of para-hydroxylation sites is 2. The Hall–Kier alpha value is -2.82. The van der Waals surface area contributed by atoms with Crippen LogP contribution in [0.2, 0.25) is 0 Å². The van der Waals surface area contributed by atoms with Crippen molar-refractivity contribution >= 4 is 11.9 Å². The van der Waals surface area contributed by atoms with E-state index >= 15 is 0 Å². The molecule has 1 amide bonds. The highest BCUT2D eigenvalue weighted by Gasteiger charge is 2.44. The van der Waals surface area contributed by atoms with Crippen molar-refractivity contribution in [1.29, 1.82) is 0 Å². The van der Waals surface area contributed by atoms with E-state index in [-0.39, 0.29) is 12.3 Å². The molecule has 116 valence electrons. The number of rotatable bonds is 2. The molecule has 2 aliphatic heterocycles. The highest BCUT2D eigenvalue weighted by atomic mass is 16.5. The Kier molecular flexibility index (Phi) is 3.08. The Bertz CT molecular complexity index is 756. The first-order valence-electron chi connectivity index (χ1n) is 7.56. The zero-order chi connectivity index (χ0) is 16.0. The van der Waals surface area contributed by atoms with Crippen LogP contribution in [0.4, 0.5) is 0 Å². The minimum Gasteiger partial charge on any atom is -0.480 e. The van der Waals surface area contributed by atoms with Gasteiger partial charge in [-0.2, -0.15) is 0 Å². The summed E-state index contributed by atoms with van der Waals surface area (Å²) in [6, 6.07) is 13.7. The lowest BCUT2D eigenvalue weighted by atomic mass is 9.92. The van der Waals surface area contributed by atoms with E-state index in [4.69, 9.17) is 4.74 Å². The summed E-state index contributed by atoms with van der Waals surface area (Å²) in [5.41, 5.74) is 1.65. The number of hydrogen-bond acceptors (Lipinski definition) is 3. The van der Waals surface area contributed by atoms with Gasteiger partial charge in [0.05, 0.1) is 6.04 Å². The van der Waals surface area contributed by atoms with Crippen LogP contribution in [0.25, 0.3) is 0 Å². The van der Waals surface area contributed by atoms with Gasteiger partial charge in [-0.05, 0) is 18.6 Å². The summed E-state index contributed by atoms with van der Waals surface area (Å²) in [4.78, 5) is 25.5. The van der Waals surface area contributed by atoms with Crippen molar-refractivity contribution in [1.82, 2.24) is 4.90 Å². The van der Waals surface area contributed by atoms with Crippen molar-refractivity contribution in [3.63, 3.8) is 0 Å². The molecule has 5 heteroatoms. The molecule has 0 unspecified atom stereocenters. The average Bonchev–Trinajstić information content (AvgIpc) is 2.94. The van der Waals surface area contributed by atoms with Crippen LogP contribution in [0.1, 0.15) is 30.0 Å². The molecule has 0 aromatic heterocycles. The van der Waals surface area contributed by atoms with Crippen molar-refractivity contribution in [2.45, 2.75) is 24.9 Å². The van der Waals surface area contributed by atoms with Gasteiger partial charge in [0.1, 0.15) is 17.5 Å². The quantitative estimate of drug-likeness (QED) is 0.926. The third-order valence-corrected chi connectivity index (χ3v) is 4.47. The van der Waals surface area contributed by atoms with Crippen LogP contribution >= 0.6 is 0 Å². The van der Waals surface area contributed by atoms with Crippen molar-refractivity contribution in [3.8, 4) is 11.5 Å². The third kappa shape index (κ3) is 2.08. The maximum Gasteiger partial charge on any atom is 0.326 e. The smallest absolute Gasteiger partial charge is 0.326 e. The molecule has 5 nitrogen and oxygen atoms in total. The van der Waals surface area contributed by atoms with Crippen LogP contribution in [-0.4, -0.2) is 27.9 Å². The number of likely N-dealkylation sites (tertiary alicyclic amines) is 1. The van der Waals surface area contributed by atoms with Gasteiger partial charge in [-0.1, -0.05) is 36.4 Å². The second-order valence-electron chi connectivity index (χ2n) is 5.77. The van der Waals surface area contributed by atoms with E-state index in [9.17, 15) is 14.7 Å². The summed E-state index contributed by atoms with van der Waals surface area (Å²) < 4.78 is 5.91. The SMILES string of the molecule is O=C(O)[C@@H]1CCC(=O)N1C1c2ccccc2Oc2ccccc21. The van der Waals surface area contributed by atoms with Crippen LogP contribution in [-0.2, 0) is 9.59 Å². The molecule has 0 spiro atoms. The largest absolute Gasteiger partial charge is 0.480 e. The standard InChI is InChI=1S/C18H15NO4/c20-16-10-9-13(18(21)22)19(16)17-11-5-1-3-7-14(11)23-15-8-4-2-6-12(15)17/h1-8,13,17H,9-10H2,(H,21,22)/t13-/m0/s1. The van der Waals surface area contributed by atoms with E-state index in [0.29, 0.717) is 17.9 Å². The number of carboxylic acid groups (broad SMARTS) is 1. The average molecular weight is 309 g/mol. The summed E-state index contributed by atoms with van der Waals surface area (Å²) in [5.74, 6) is 0.242. The zero-order valence-electron chi connectivity index (χ0n) is 12.3. The molecule has 1 N–H and O–H groups in total. The molecular weight excluding hydrogens is 294 g/mol. The predicted molar refractivity (Wildman–Crippen MR) is 82.3 cm³/mol. The topological polar surface area (TPSA) is 66.8 Å². The summed E-state index contributed by atoms with van der Waals surface area (Å²) in [6.07, 6.45) is 0.606. The molecule has 2 aliphatic rings. The summed E-state index contributed by atoms with van der Waals surface area (Å²) in [7, 11) is 0. The van der Waals surface area contributed by atoms with Crippen molar-refractivity contribution in [2.24, 2.45) is 0 Å². The van der Waals surface area contributed by atoms with Gasteiger partial charge in [-0.3, -0.25) is 4.79 Å². The number of carbonyl (C=O) groups is 2. The van der Waals surface area contributed by atoms with Gasteiger partial charge >= 0.3 is 5.97 Å². The number of ether oxygens (including phenoxy) is 1. The Morgan fingerprint density at radius 2 is 1.61 bits per heavy atom. The molecule has 0 aliphatic carbocycles. The second-order valence-corrected chi connectivity index (χ2v) is 5.77. The fourth-order valence-corrected chi connectivity index (χ4v) is 3.45. The van der Waals surface area contributed by atoms with E-state index in [2.05, 4.69) is 0 Å². The highest BCUT2D eigenvalue weighted by Crippen LogP contribution is 2.47. The molecule has 1 saturated heterocycles. The molecule has 2 heterocycles. The van der Waals surface area contributed by atoms with Gasteiger partial charge in [0.15, 0.2) is 0 Å². The van der Waals surface area contributed by atoms with Gasteiger partial charge in [-0.15, -0.1) is 0 Å². The summed E-state index contributed by atoms with van der Waals surface area (Å²) in [5, 5.41) is 9.50. The number of benzene rings is 2. The lowest BCUT2D eigenvalue weighted by molar-refractivity contribution is -0.147. The zero-order valence-corrected chi connectivity index (χ0v) is 12.3.